The van der Waals surface area contributed by atoms with Crippen LogP contribution >= 0.6 is 0 Å². The van der Waals surface area contributed by atoms with Gasteiger partial charge in [-0.1, -0.05) is 24.3 Å². The lowest BCUT2D eigenvalue weighted by Gasteiger charge is -2.08. The van der Waals surface area contributed by atoms with Crippen molar-refractivity contribution in [3.8, 4) is 0 Å². The Kier molecular flexibility index (Phi) is 5.27. The maximum Gasteiger partial charge on any atom is 0.337 e. The number of esters is 1. The molecule has 0 aliphatic carbocycles. The van der Waals surface area contributed by atoms with E-state index in [2.05, 4.69) is 9.46 Å². The summed E-state index contributed by atoms with van der Waals surface area (Å²) in [6.45, 7) is -0.0736. The highest BCUT2D eigenvalue weighted by Crippen LogP contribution is 2.22. The Morgan fingerprint density at radius 2 is 1.79 bits per heavy atom. The van der Waals surface area contributed by atoms with Crippen molar-refractivity contribution >= 4 is 21.7 Å². The summed E-state index contributed by atoms with van der Waals surface area (Å²) in [7, 11) is -2.79. The lowest BCUT2D eigenvalue weighted by atomic mass is 10.1. The maximum atomic E-state index is 12.3. The van der Waals surface area contributed by atoms with Crippen molar-refractivity contribution in [1.82, 2.24) is 4.72 Å². The Hall–Kier alpha value is -2.78. The first-order chi connectivity index (χ1) is 11.3. The SMILES string of the molecule is COC(=O)c1ccc(CNS(=O)(=O)c2ccccc2[N+](=O)[O-])cc1. The first-order valence-corrected chi connectivity index (χ1v) is 8.24. The molecule has 24 heavy (non-hydrogen) atoms. The van der Waals surface area contributed by atoms with Crippen molar-refractivity contribution in [2.45, 2.75) is 11.4 Å². The molecule has 8 nitrogen and oxygen atoms in total. The van der Waals surface area contributed by atoms with Crippen molar-refractivity contribution in [3.05, 3.63) is 69.8 Å². The molecule has 0 aromatic heterocycles. The smallest absolute Gasteiger partial charge is 0.337 e. The molecule has 0 heterocycles. The normalized spacial score (nSPS) is 11.0. The summed E-state index contributed by atoms with van der Waals surface area (Å²) in [5, 5.41) is 10.9. The number of ether oxygens (including phenoxy) is 1. The number of benzene rings is 2. The Bertz CT molecular complexity index is 862. The highest BCUT2D eigenvalue weighted by Gasteiger charge is 2.24. The van der Waals surface area contributed by atoms with Crippen molar-refractivity contribution in [2.75, 3.05) is 7.11 Å². The number of para-hydroxylation sites is 1. The number of nitro benzene ring substituents is 1. The van der Waals surface area contributed by atoms with Crippen molar-refractivity contribution in [1.29, 1.82) is 0 Å². The van der Waals surface area contributed by atoms with Gasteiger partial charge in [-0.15, -0.1) is 0 Å². The summed E-state index contributed by atoms with van der Waals surface area (Å²) in [4.78, 5) is 21.1. The second-order valence-corrected chi connectivity index (χ2v) is 6.47. The van der Waals surface area contributed by atoms with E-state index in [4.69, 9.17) is 0 Å². The van der Waals surface area contributed by atoms with E-state index >= 15 is 0 Å². The molecule has 0 aliphatic rings. The standard InChI is InChI=1S/C15H14N2O6S/c1-23-15(18)12-8-6-11(7-9-12)10-16-24(21,22)14-5-3-2-4-13(14)17(19)20/h2-9,16H,10H2,1H3. The van der Waals surface area contributed by atoms with Crippen LogP contribution in [-0.4, -0.2) is 26.4 Å². The second-order valence-electron chi connectivity index (χ2n) is 4.74. The summed E-state index contributed by atoms with van der Waals surface area (Å²) in [5.41, 5.74) is 0.429. The number of nitro groups is 1. The van der Waals surface area contributed by atoms with E-state index in [0.717, 1.165) is 6.07 Å². The van der Waals surface area contributed by atoms with Gasteiger partial charge in [0.05, 0.1) is 17.6 Å². The molecule has 126 valence electrons. The van der Waals surface area contributed by atoms with Crippen LogP contribution in [-0.2, 0) is 21.3 Å². The average molecular weight is 350 g/mol. The molecule has 0 bridgehead atoms. The number of nitrogens with zero attached hydrogens (tertiary/aromatic N) is 1. The first-order valence-electron chi connectivity index (χ1n) is 6.75. The van der Waals surface area contributed by atoms with Crippen molar-refractivity contribution in [3.63, 3.8) is 0 Å². The Labute approximate surface area is 138 Å². The minimum absolute atomic E-state index is 0.0736. The molecule has 2 aromatic rings. The van der Waals surface area contributed by atoms with Gasteiger partial charge >= 0.3 is 5.97 Å². The lowest BCUT2D eigenvalue weighted by molar-refractivity contribution is -0.387. The molecular weight excluding hydrogens is 336 g/mol. The quantitative estimate of drug-likeness (QED) is 0.483. The number of carbonyl (C=O) groups is 1. The summed E-state index contributed by atoms with van der Waals surface area (Å²) in [6, 6.07) is 11.2. The molecule has 0 spiro atoms. The predicted molar refractivity (Wildman–Crippen MR) is 84.9 cm³/mol. The van der Waals surface area contributed by atoms with E-state index in [1.165, 1.54) is 37.4 Å². The highest BCUT2D eigenvalue weighted by atomic mass is 32.2. The Morgan fingerprint density at radius 3 is 2.38 bits per heavy atom. The van der Waals surface area contributed by atoms with E-state index in [-0.39, 0.29) is 6.54 Å². The van der Waals surface area contributed by atoms with Crippen LogP contribution in [0.15, 0.2) is 53.4 Å². The molecule has 0 saturated heterocycles. The van der Waals surface area contributed by atoms with Gasteiger partial charge < -0.3 is 4.74 Å². The topological polar surface area (TPSA) is 116 Å². The number of nitrogens with one attached hydrogen (secondary N) is 1. The van der Waals surface area contributed by atoms with Gasteiger partial charge in [-0.2, -0.15) is 0 Å². The fourth-order valence-electron chi connectivity index (χ4n) is 1.97. The Morgan fingerprint density at radius 1 is 1.17 bits per heavy atom. The first kappa shape index (κ1) is 17.6. The van der Waals surface area contributed by atoms with E-state index in [1.54, 1.807) is 12.1 Å². The van der Waals surface area contributed by atoms with E-state index in [9.17, 15) is 23.3 Å². The number of sulfonamides is 1. The molecule has 0 radical (unpaired) electrons. The van der Waals surface area contributed by atoms with Gasteiger partial charge in [0, 0.05) is 12.6 Å². The average Bonchev–Trinajstić information content (AvgIpc) is 2.59. The number of hydrogen-bond acceptors (Lipinski definition) is 6. The third-order valence-electron chi connectivity index (χ3n) is 3.19. The fourth-order valence-corrected chi connectivity index (χ4v) is 3.16. The zero-order valence-electron chi connectivity index (χ0n) is 12.6. The van der Waals surface area contributed by atoms with Crippen molar-refractivity contribution in [2.24, 2.45) is 0 Å². The van der Waals surface area contributed by atoms with Gasteiger partial charge in [0.15, 0.2) is 4.90 Å². The molecule has 0 amide bonds. The van der Waals surface area contributed by atoms with Crippen LogP contribution in [0.25, 0.3) is 0 Å². The molecule has 0 atom stereocenters. The molecule has 0 unspecified atom stereocenters. The van der Waals surface area contributed by atoms with Crippen LogP contribution < -0.4 is 4.72 Å². The third kappa shape index (κ3) is 3.94. The van der Waals surface area contributed by atoms with Gasteiger partial charge in [-0.3, -0.25) is 10.1 Å². The number of hydrogen-bond donors (Lipinski definition) is 1. The molecular formula is C15H14N2O6S. The summed E-state index contributed by atoms with van der Waals surface area (Å²) in [5.74, 6) is -0.498. The fraction of sp³-hybridized carbons (Fsp3) is 0.133. The van der Waals surface area contributed by atoms with Crippen LogP contribution in [0.3, 0.4) is 0 Å². The van der Waals surface area contributed by atoms with Gasteiger partial charge in [0.1, 0.15) is 0 Å². The monoisotopic (exact) mass is 350 g/mol. The minimum Gasteiger partial charge on any atom is -0.465 e. The van der Waals surface area contributed by atoms with E-state index in [0.29, 0.717) is 11.1 Å². The Balaban J connectivity index is 2.16. The summed E-state index contributed by atoms with van der Waals surface area (Å²) >= 11 is 0. The second kappa shape index (κ2) is 7.20. The summed E-state index contributed by atoms with van der Waals surface area (Å²) < 4.78 is 31.4. The summed E-state index contributed by atoms with van der Waals surface area (Å²) in [6.07, 6.45) is 0. The predicted octanol–water partition coefficient (Wildman–Crippen LogP) is 1.86. The zero-order valence-corrected chi connectivity index (χ0v) is 13.4. The molecule has 0 saturated carbocycles. The molecule has 0 fully saturated rings. The zero-order chi connectivity index (χ0) is 17.7. The van der Waals surface area contributed by atoms with Crippen LogP contribution in [0.1, 0.15) is 15.9 Å². The minimum atomic E-state index is -4.05. The maximum absolute atomic E-state index is 12.3. The number of rotatable bonds is 6. The van der Waals surface area contributed by atoms with Crippen LogP contribution in [0.4, 0.5) is 5.69 Å². The van der Waals surface area contributed by atoms with Crippen LogP contribution in [0.2, 0.25) is 0 Å². The van der Waals surface area contributed by atoms with E-state index in [1.807, 2.05) is 0 Å². The molecule has 2 aromatic carbocycles. The number of methoxy groups -OCH3 is 1. The van der Waals surface area contributed by atoms with Gasteiger partial charge in [0.25, 0.3) is 5.69 Å². The molecule has 0 aliphatic heterocycles. The third-order valence-corrected chi connectivity index (χ3v) is 4.64. The number of carbonyl (C=O) groups excluding carboxylic acids is 1. The molecule has 2 rings (SSSR count). The van der Waals surface area contributed by atoms with Crippen molar-refractivity contribution < 1.29 is 22.9 Å². The highest BCUT2D eigenvalue weighted by molar-refractivity contribution is 7.89. The van der Waals surface area contributed by atoms with Gasteiger partial charge in [-0.25, -0.2) is 17.9 Å². The largest absolute Gasteiger partial charge is 0.465 e. The van der Waals surface area contributed by atoms with Crippen LogP contribution in [0.5, 0.6) is 0 Å². The van der Waals surface area contributed by atoms with Crippen LogP contribution in [0, 0.1) is 10.1 Å². The van der Waals surface area contributed by atoms with Gasteiger partial charge in [0.2, 0.25) is 10.0 Å². The molecule has 9 heteroatoms. The lowest BCUT2D eigenvalue weighted by Crippen LogP contribution is -2.24. The molecule has 1 N–H and O–H groups in total. The van der Waals surface area contributed by atoms with E-state index < -0.39 is 31.5 Å². The van der Waals surface area contributed by atoms with Gasteiger partial charge in [-0.05, 0) is 23.8 Å².